The highest BCUT2D eigenvalue weighted by Gasteiger charge is 2.06. The third kappa shape index (κ3) is 3.30. The van der Waals surface area contributed by atoms with Gasteiger partial charge in [-0.2, -0.15) is 0 Å². The van der Waals surface area contributed by atoms with Crippen LogP contribution in [0.25, 0.3) is 17.0 Å². The Balaban J connectivity index is 1.93. The number of allylic oxidation sites excluding steroid dienone is 1. The van der Waals surface area contributed by atoms with Gasteiger partial charge >= 0.3 is 0 Å². The second kappa shape index (κ2) is 6.31. The fourth-order valence-corrected chi connectivity index (χ4v) is 2.54. The van der Waals surface area contributed by atoms with Crippen LogP contribution < -0.4 is 0 Å². The molecule has 4 heteroatoms. The van der Waals surface area contributed by atoms with Crippen LogP contribution in [0.5, 0.6) is 0 Å². The lowest BCUT2D eigenvalue weighted by molar-refractivity contribution is 0.104. The third-order valence-corrected chi connectivity index (χ3v) is 3.87. The van der Waals surface area contributed by atoms with Crippen LogP contribution in [-0.2, 0) is 0 Å². The summed E-state index contributed by atoms with van der Waals surface area (Å²) in [7, 11) is 0. The molecule has 3 rings (SSSR count). The summed E-state index contributed by atoms with van der Waals surface area (Å²) >= 11 is 6.20. The summed E-state index contributed by atoms with van der Waals surface area (Å²) in [4.78, 5) is 16.5. The number of pyridine rings is 1. The largest absolute Gasteiger partial charge is 0.289 e. The van der Waals surface area contributed by atoms with Crippen LogP contribution in [0, 0.1) is 12.7 Å². The maximum atomic E-state index is 12.9. The molecule has 0 N–H and O–H groups in total. The van der Waals surface area contributed by atoms with E-state index in [2.05, 4.69) is 4.98 Å². The molecule has 0 atom stereocenters. The van der Waals surface area contributed by atoms with Crippen molar-refractivity contribution in [3.8, 4) is 0 Å². The highest BCUT2D eigenvalue weighted by molar-refractivity contribution is 6.31. The number of para-hydroxylation sites is 1. The zero-order valence-electron chi connectivity index (χ0n) is 12.4. The van der Waals surface area contributed by atoms with Crippen LogP contribution in [0.3, 0.4) is 0 Å². The smallest absolute Gasteiger partial charge is 0.185 e. The number of aryl methyl sites for hydroxylation is 1. The molecule has 114 valence electrons. The van der Waals surface area contributed by atoms with Crippen molar-refractivity contribution in [3.63, 3.8) is 0 Å². The van der Waals surface area contributed by atoms with Gasteiger partial charge in [0.25, 0.3) is 0 Å². The van der Waals surface area contributed by atoms with E-state index in [1.807, 2.05) is 31.2 Å². The molecular weight excluding hydrogens is 313 g/mol. The van der Waals surface area contributed by atoms with E-state index < -0.39 is 0 Å². The second-order valence-corrected chi connectivity index (χ2v) is 5.58. The van der Waals surface area contributed by atoms with E-state index in [0.717, 1.165) is 16.5 Å². The SMILES string of the molecule is Cc1cccc2cc(/C=C/C(=O)c3ccc(F)cc3)c(Cl)nc12. The summed E-state index contributed by atoms with van der Waals surface area (Å²) in [6.45, 7) is 1.97. The Labute approximate surface area is 138 Å². The maximum absolute atomic E-state index is 12.9. The van der Waals surface area contributed by atoms with Gasteiger partial charge in [-0.15, -0.1) is 0 Å². The predicted octanol–water partition coefficient (Wildman–Crippen LogP) is 5.23. The van der Waals surface area contributed by atoms with E-state index in [4.69, 9.17) is 11.6 Å². The number of hydrogen-bond donors (Lipinski definition) is 0. The van der Waals surface area contributed by atoms with E-state index in [1.54, 1.807) is 6.08 Å². The van der Waals surface area contributed by atoms with Crippen molar-refractivity contribution in [1.29, 1.82) is 0 Å². The summed E-state index contributed by atoms with van der Waals surface area (Å²) < 4.78 is 12.9. The zero-order chi connectivity index (χ0) is 16.4. The van der Waals surface area contributed by atoms with Gasteiger partial charge in [0.2, 0.25) is 0 Å². The molecule has 0 unspecified atom stereocenters. The van der Waals surface area contributed by atoms with Gasteiger partial charge < -0.3 is 0 Å². The lowest BCUT2D eigenvalue weighted by Crippen LogP contribution is -1.94. The Morgan fingerprint density at radius 1 is 1.17 bits per heavy atom. The first-order chi connectivity index (χ1) is 11.0. The number of hydrogen-bond acceptors (Lipinski definition) is 2. The summed E-state index contributed by atoms with van der Waals surface area (Å²) in [5, 5.41) is 1.30. The van der Waals surface area contributed by atoms with E-state index in [9.17, 15) is 9.18 Å². The molecule has 0 fully saturated rings. The minimum atomic E-state index is -0.373. The quantitative estimate of drug-likeness (QED) is 0.375. The molecule has 0 spiro atoms. The Morgan fingerprint density at radius 3 is 2.65 bits per heavy atom. The first kappa shape index (κ1) is 15.4. The molecule has 0 radical (unpaired) electrons. The van der Waals surface area contributed by atoms with Crippen LogP contribution in [0.4, 0.5) is 4.39 Å². The van der Waals surface area contributed by atoms with E-state index in [1.165, 1.54) is 30.3 Å². The standard InChI is InChI=1S/C19H13ClFNO/c1-12-3-2-4-14-11-15(19(20)22-18(12)14)7-10-17(23)13-5-8-16(21)9-6-13/h2-11H,1H3/b10-7+. The van der Waals surface area contributed by atoms with Gasteiger partial charge in [-0.3, -0.25) is 4.79 Å². The first-order valence-corrected chi connectivity index (χ1v) is 7.46. The van der Waals surface area contributed by atoms with Crippen LogP contribution in [0.1, 0.15) is 21.5 Å². The van der Waals surface area contributed by atoms with Crippen molar-refractivity contribution in [2.75, 3.05) is 0 Å². The van der Waals surface area contributed by atoms with Crippen molar-refractivity contribution >= 4 is 34.4 Å². The molecule has 0 aliphatic rings. The lowest BCUT2D eigenvalue weighted by atomic mass is 10.1. The number of benzene rings is 2. The summed E-state index contributed by atoms with van der Waals surface area (Å²) in [5.41, 5.74) is 2.98. The topological polar surface area (TPSA) is 30.0 Å². The molecule has 0 aliphatic carbocycles. The summed E-state index contributed by atoms with van der Waals surface area (Å²) in [6.07, 6.45) is 3.04. The van der Waals surface area contributed by atoms with Crippen LogP contribution in [0.2, 0.25) is 5.15 Å². The molecule has 0 saturated carbocycles. The maximum Gasteiger partial charge on any atom is 0.185 e. The first-order valence-electron chi connectivity index (χ1n) is 7.08. The molecule has 23 heavy (non-hydrogen) atoms. The lowest BCUT2D eigenvalue weighted by Gasteiger charge is -2.04. The van der Waals surface area contributed by atoms with E-state index in [0.29, 0.717) is 16.3 Å². The highest BCUT2D eigenvalue weighted by Crippen LogP contribution is 2.24. The molecule has 2 nitrogen and oxygen atoms in total. The number of rotatable bonds is 3. The van der Waals surface area contributed by atoms with Gasteiger partial charge in [-0.1, -0.05) is 29.8 Å². The van der Waals surface area contributed by atoms with E-state index >= 15 is 0 Å². The molecule has 3 aromatic rings. The molecule has 1 heterocycles. The average Bonchev–Trinajstić information content (AvgIpc) is 2.54. The fraction of sp³-hybridized carbons (Fsp3) is 0.0526. The van der Waals surface area contributed by atoms with Crippen LogP contribution in [0.15, 0.2) is 54.6 Å². The monoisotopic (exact) mass is 325 g/mol. The molecule has 0 aliphatic heterocycles. The number of nitrogens with zero attached hydrogens (tertiary/aromatic N) is 1. The average molecular weight is 326 g/mol. The molecule has 0 bridgehead atoms. The van der Waals surface area contributed by atoms with Crippen LogP contribution in [-0.4, -0.2) is 10.8 Å². The normalized spacial score (nSPS) is 11.3. The van der Waals surface area contributed by atoms with Crippen molar-refractivity contribution in [2.45, 2.75) is 6.92 Å². The van der Waals surface area contributed by atoms with Gasteiger partial charge in [-0.05, 0) is 55.0 Å². The van der Waals surface area contributed by atoms with Gasteiger partial charge in [0.1, 0.15) is 11.0 Å². The van der Waals surface area contributed by atoms with Crippen molar-refractivity contribution in [2.24, 2.45) is 0 Å². The third-order valence-electron chi connectivity index (χ3n) is 3.57. The van der Waals surface area contributed by atoms with Gasteiger partial charge in [0.15, 0.2) is 5.78 Å². The minimum absolute atomic E-state index is 0.217. The fourth-order valence-electron chi connectivity index (χ4n) is 2.33. The molecule has 2 aromatic carbocycles. The van der Waals surface area contributed by atoms with Gasteiger partial charge in [0, 0.05) is 16.5 Å². The minimum Gasteiger partial charge on any atom is -0.289 e. The van der Waals surface area contributed by atoms with E-state index in [-0.39, 0.29) is 11.6 Å². The number of fused-ring (bicyclic) bond motifs is 1. The Kier molecular flexibility index (Phi) is 4.22. The molecule has 0 saturated heterocycles. The highest BCUT2D eigenvalue weighted by atomic mass is 35.5. The van der Waals surface area contributed by atoms with Crippen LogP contribution >= 0.6 is 11.6 Å². The molecule has 1 aromatic heterocycles. The van der Waals surface area contributed by atoms with Crippen molar-refractivity contribution in [3.05, 3.63) is 82.3 Å². The number of halogens is 2. The number of ketones is 1. The zero-order valence-corrected chi connectivity index (χ0v) is 13.1. The number of carbonyl (C=O) groups is 1. The summed E-state index contributed by atoms with van der Waals surface area (Å²) in [5.74, 6) is -0.590. The number of carbonyl (C=O) groups excluding carboxylic acids is 1. The van der Waals surface area contributed by atoms with Gasteiger partial charge in [-0.25, -0.2) is 9.37 Å². The van der Waals surface area contributed by atoms with Crippen molar-refractivity contribution < 1.29 is 9.18 Å². The Hall–Kier alpha value is -2.52. The molecular formula is C19H13ClFNO. The summed E-state index contributed by atoms with van der Waals surface area (Å²) in [6, 6.07) is 13.2. The second-order valence-electron chi connectivity index (χ2n) is 5.22. The Bertz CT molecular complexity index is 917. The van der Waals surface area contributed by atoms with Crippen molar-refractivity contribution in [1.82, 2.24) is 4.98 Å². The predicted molar refractivity (Wildman–Crippen MR) is 91.3 cm³/mol. The Morgan fingerprint density at radius 2 is 1.91 bits per heavy atom. The van der Waals surface area contributed by atoms with Gasteiger partial charge in [0.05, 0.1) is 5.52 Å². The number of aromatic nitrogens is 1. The molecule has 0 amide bonds.